The molecule has 0 N–H and O–H groups in total. The van der Waals surface area contributed by atoms with Crippen molar-refractivity contribution in [2.45, 2.75) is 64.7 Å². The Kier molecular flexibility index (Phi) is 5.85. The van der Waals surface area contributed by atoms with Crippen molar-refractivity contribution in [3.05, 3.63) is 12.1 Å². The van der Waals surface area contributed by atoms with Gasteiger partial charge in [0, 0.05) is 12.1 Å². The Hall–Kier alpha value is -1.03. The summed E-state index contributed by atoms with van der Waals surface area (Å²) in [7, 11) is 0. The van der Waals surface area contributed by atoms with Crippen LogP contribution >= 0.6 is 12.6 Å². The summed E-state index contributed by atoms with van der Waals surface area (Å²) in [6, 6.07) is 3.71. The van der Waals surface area contributed by atoms with E-state index in [1.165, 1.54) is 0 Å². The van der Waals surface area contributed by atoms with E-state index >= 15 is 0 Å². The van der Waals surface area contributed by atoms with E-state index < -0.39 is 0 Å². The minimum Gasteiger partial charge on any atom is -0.491 e. The van der Waals surface area contributed by atoms with Crippen LogP contribution in [0.15, 0.2) is 17.0 Å². The highest BCUT2D eigenvalue weighted by Crippen LogP contribution is 2.38. The van der Waals surface area contributed by atoms with E-state index in [9.17, 15) is 0 Å². The van der Waals surface area contributed by atoms with E-state index in [-0.39, 0.29) is 18.3 Å². The summed E-state index contributed by atoms with van der Waals surface area (Å²) in [6.45, 7) is 11.9. The SMILES string of the molecule is CC(C)Oc1cc(OC(C)C)c(S)c(OC(C)C)c1. The first-order valence-corrected chi connectivity index (χ1v) is 7.11. The van der Waals surface area contributed by atoms with Crippen molar-refractivity contribution in [2.24, 2.45) is 0 Å². The van der Waals surface area contributed by atoms with Crippen molar-refractivity contribution < 1.29 is 14.2 Å². The predicted molar refractivity (Wildman–Crippen MR) is 81.0 cm³/mol. The van der Waals surface area contributed by atoms with Crippen molar-refractivity contribution in [1.82, 2.24) is 0 Å². The average molecular weight is 284 g/mol. The zero-order chi connectivity index (χ0) is 14.6. The van der Waals surface area contributed by atoms with Crippen LogP contribution in [0.5, 0.6) is 17.2 Å². The highest BCUT2D eigenvalue weighted by molar-refractivity contribution is 7.80. The molecule has 0 bridgehead atoms. The molecule has 1 aromatic carbocycles. The molecule has 0 aromatic heterocycles. The van der Waals surface area contributed by atoms with Crippen molar-refractivity contribution in [2.75, 3.05) is 0 Å². The van der Waals surface area contributed by atoms with Crippen LogP contribution < -0.4 is 14.2 Å². The third-order valence-electron chi connectivity index (χ3n) is 2.11. The topological polar surface area (TPSA) is 27.7 Å². The maximum atomic E-state index is 5.75. The van der Waals surface area contributed by atoms with Gasteiger partial charge in [-0.25, -0.2) is 0 Å². The summed E-state index contributed by atoms with van der Waals surface area (Å²) >= 11 is 4.49. The van der Waals surface area contributed by atoms with Crippen molar-refractivity contribution in [3.8, 4) is 17.2 Å². The van der Waals surface area contributed by atoms with Crippen LogP contribution in [0.1, 0.15) is 41.5 Å². The molecule has 108 valence electrons. The number of hydrogen-bond acceptors (Lipinski definition) is 4. The lowest BCUT2D eigenvalue weighted by atomic mass is 10.2. The molecule has 0 heterocycles. The van der Waals surface area contributed by atoms with Gasteiger partial charge in [0.1, 0.15) is 17.2 Å². The van der Waals surface area contributed by atoms with Gasteiger partial charge in [-0.3, -0.25) is 0 Å². The summed E-state index contributed by atoms with van der Waals surface area (Å²) < 4.78 is 17.2. The van der Waals surface area contributed by atoms with Gasteiger partial charge in [-0.2, -0.15) is 0 Å². The molecule has 3 nitrogen and oxygen atoms in total. The Morgan fingerprint density at radius 1 is 0.737 bits per heavy atom. The Labute approximate surface area is 121 Å². The molecule has 0 radical (unpaired) electrons. The first-order valence-electron chi connectivity index (χ1n) is 6.66. The summed E-state index contributed by atoms with van der Waals surface area (Å²) in [4.78, 5) is 0.707. The zero-order valence-electron chi connectivity index (χ0n) is 12.6. The van der Waals surface area contributed by atoms with Gasteiger partial charge in [-0.15, -0.1) is 12.6 Å². The van der Waals surface area contributed by atoms with Gasteiger partial charge in [-0.05, 0) is 41.5 Å². The van der Waals surface area contributed by atoms with Gasteiger partial charge in [0.15, 0.2) is 0 Å². The molecule has 0 fully saturated rings. The summed E-state index contributed by atoms with van der Waals surface area (Å²) in [5, 5.41) is 0. The number of rotatable bonds is 6. The third kappa shape index (κ3) is 5.23. The first kappa shape index (κ1) is 16.0. The van der Waals surface area contributed by atoms with E-state index in [1.54, 1.807) is 0 Å². The molecule has 1 aromatic rings. The monoisotopic (exact) mass is 284 g/mol. The lowest BCUT2D eigenvalue weighted by Crippen LogP contribution is -2.11. The minimum atomic E-state index is 0.0760. The van der Waals surface area contributed by atoms with Crippen LogP contribution in [0.3, 0.4) is 0 Å². The van der Waals surface area contributed by atoms with Crippen molar-refractivity contribution >= 4 is 12.6 Å². The van der Waals surface area contributed by atoms with Crippen LogP contribution in [0.2, 0.25) is 0 Å². The fourth-order valence-corrected chi connectivity index (χ4v) is 1.82. The average Bonchev–Trinajstić information content (AvgIpc) is 2.22. The second-order valence-corrected chi connectivity index (χ2v) is 5.72. The number of thiol groups is 1. The molecule has 0 atom stereocenters. The molecule has 19 heavy (non-hydrogen) atoms. The van der Waals surface area contributed by atoms with Gasteiger partial charge in [0.25, 0.3) is 0 Å². The van der Waals surface area contributed by atoms with Crippen LogP contribution in [-0.4, -0.2) is 18.3 Å². The van der Waals surface area contributed by atoms with Gasteiger partial charge in [0.2, 0.25) is 0 Å². The predicted octanol–water partition coefficient (Wildman–Crippen LogP) is 4.34. The number of benzene rings is 1. The summed E-state index contributed by atoms with van der Waals surface area (Å²) in [6.07, 6.45) is 0.253. The van der Waals surface area contributed by atoms with E-state index in [1.807, 2.05) is 53.7 Å². The molecule has 1 rings (SSSR count). The van der Waals surface area contributed by atoms with Gasteiger partial charge < -0.3 is 14.2 Å². The molecule has 0 saturated carbocycles. The standard InChI is InChI=1S/C15H24O3S/c1-9(2)16-12-7-13(17-10(3)4)15(19)14(8-12)18-11(5)6/h7-11,19H,1-6H3. The van der Waals surface area contributed by atoms with Crippen molar-refractivity contribution in [1.29, 1.82) is 0 Å². The molecular weight excluding hydrogens is 260 g/mol. The van der Waals surface area contributed by atoms with Crippen LogP contribution in [-0.2, 0) is 0 Å². The van der Waals surface area contributed by atoms with E-state index in [4.69, 9.17) is 14.2 Å². The molecule has 0 aliphatic rings. The van der Waals surface area contributed by atoms with E-state index in [2.05, 4.69) is 12.6 Å². The summed E-state index contributed by atoms with van der Waals surface area (Å²) in [5.41, 5.74) is 0. The fourth-order valence-electron chi connectivity index (χ4n) is 1.59. The Balaban J connectivity index is 3.13. The number of ether oxygens (including phenoxy) is 3. The summed E-state index contributed by atoms with van der Waals surface area (Å²) in [5.74, 6) is 2.11. The Bertz CT molecular complexity index is 383. The molecule has 0 amide bonds. The molecule has 0 unspecified atom stereocenters. The number of hydrogen-bond donors (Lipinski definition) is 1. The third-order valence-corrected chi connectivity index (χ3v) is 2.55. The second kappa shape index (κ2) is 6.94. The molecular formula is C15H24O3S. The normalized spacial score (nSPS) is 11.3. The zero-order valence-corrected chi connectivity index (χ0v) is 13.5. The lowest BCUT2D eigenvalue weighted by molar-refractivity contribution is 0.208. The first-order chi connectivity index (χ1) is 8.79. The van der Waals surface area contributed by atoms with Gasteiger partial charge >= 0.3 is 0 Å². The maximum absolute atomic E-state index is 5.75. The smallest absolute Gasteiger partial charge is 0.140 e. The van der Waals surface area contributed by atoms with E-state index in [0.717, 1.165) is 5.75 Å². The van der Waals surface area contributed by atoms with Gasteiger partial charge in [0.05, 0.1) is 23.2 Å². The second-order valence-electron chi connectivity index (χ2n) is 5.27. The van der Waals surface area contributed by atoms with Crippen molar-refractivity contribution in [3.63, 3.8) is 0 Å². The lowest BCUT2D eigenvalue weighted by Gasteiger charge is -2.19. The van der Waals surface area contributed by atoms with Gasteiger partial charge in [-0.1, -0.05) is 0 Å². The van der Waals surface area contributed by atoms with Crippen LogP contribution in [0.4, 0.5) is 0 Å². The highest BCUT2D eigenvalue weighted by Gasteiger charge is 2.14. The molecule has 0 aliphatic heterocycles. The largest absolute Gasteiger partial charge is 0.491 e. The molecule has 0 aliphatic carbocycles. The fraction of sp³-hybridized carbons (Fsp3) is 0.600. The quantitative estimate of drug-likeness (QED) is 0.788. The minimum absolute atomic E-state index is 0.0760. The van der Waals surface area contributed by atoms with Crippen LogP contribution in [0.25, 0.3) is 0 Å². The molecule has 0 spiro atoms. The molecule has 4 heteroatoms. The maximum Gasteiger partial charge on any atom is 0.140 e. The molecule has 0 saturated heterocycles. The van der Waals surface area contributed by atoms with E-state index in [0.29, 0.717) is 16.4 Å². The highest BCUT2D eigenvalue weighted by atomic mass is 32.1. The Morgan fingerprint density at radius 3 is 1.42 bits per heavy atom. The Morgan fingerprint density at radius 2 is 1.11 bits per heavy atom. The van der Waals surface area contributed by atoms with Crippen LogP contribution in [0, 0.1) is 0 Å².